The first-order valence-corrected chi connectivity index (χ1v) is 6.62. The Hall–Kier alpha value is -2.03. The predicted octanol–water partition coefficient (Wildman–Crippen LogP) is 4.46. The Kier molecular flexibility index (Phi) is 4.28. The van der Waals surface area contributed by atoms with Crippen LogP contribution in [-0.2, 0) is 6.42 Å². The number of benzene rings is 2. The highest BCUT2D eigenvalue weighted by Gasteiger charge is 2.20. The Balaban J connectivity index is 2.39. The summed E-state index contributed by atoms with van der Waals surface area (Å²) >= 11 is 0. The molecule has 104 valence electrons. The highest BCUT2D eigenvalue weighted by atomic mass is 19.1. The van der Waals surface area contributed by atoms with Gasteiger partial charge in [0.2, 0.25) is 0 Å². The van der Waals surface area contributed by atoms with Gasteiger partial charge in [-0.15, -0.1) is 0 Å². The van der Waals surface area contributed by atoms with E-state index in [1.54, 1.807) is 12.1 Å². The van der Waals surface area contributed by atoms with Gasteiger partial charge in [0.25, 0.3) is 0 Å². The predicted molar refractivity (Wildman–Crippen MR) is 75.0 cm³/mol. The van der Waals surface area contributed by atoms with Crippen LogP contribution in [-0.4, -0.2) is 5.78 Å². The third-order valence-corrected chi connectivity index (χ3v) is 3.27. The lowest BCUT2D eigenvalue weighted by atomic mass is 9.98. The molecule has 3 heteroatoms. The molecule has 20 heavy (non-hydrogen) atoms. The van der Waals surface area contributed by atoms with E-state index in [0.717, 1.165) is 24.5 Å². The van der Waals surface area contributed by atoms with Gasteiger partial charge in [-0.2, -0.15) is 0 Å². The number of hydrogen-bond donors (Lipinski definition) is 0. The van der Waals surface area contributed by atoms with Crippen molar-refractivity contribution in [2.75, 3.05) is 0 Å². The number of aryl methyl sites for hydroxylation is 2. The quantitative estimate of drug-likeness (QED) is 0.752. The van der Waals surface area contributed by atoms with Crippen molar-refractivity contribution in [2.45, 2.75) is 26.7 Å². The van der Waals surface area contributed by atoms with Gasteiger partial charge >= 0.3 is 0 Å². The van der Waals surface area contributed by atoms with Crippen LogP contribution in [0.1, 0.15) is 40.4 Å². The van der Waals surface area contributed by atoms with Crippen molar-refractivity contribution in [3.63, 3.8) is 0 Å². The van der Waals surface area contributed by atoms with Crippen LogP contribution in [0.2, 0.25) is 0 Å². The van der Waals surface area contributed by atoms with Crippen molar-refractivity contribution >= 4 is 5.78 Å². The van der Waals surface area contributed by atoms with Crippen molar-refractivity contribution in [3.05, 3.63) is 70.3 Å². The molecule has 0 saturated heterocycles. The summed E-state index contributed by atoms with van der Waals surface area (Å²) in [6, 6.07) is 9.33. The molecule has 0 amide bonds. The van der Waals surface area contributed by atoms with Gasteiger partial charge in [-0.3, -0.25) is 4.79 Å². The molecule has 0 bridgehead atoms. The van der Waals surface area contributed by atoms with Crippen LogP contribution in [0, 0.1) is 18.6 Å². The fourth-order valence-corrected chi connectivity index (χ4v) is 2.12. The number of carbonyl (C=O) groups is 1. The van der Waals surface area contributed by atoms with Gasteiger partial charge in [0, 0.05) is 5.56 Å². The molecule has 0 aliphatic rings. The topological polar surface area (TPSA) is 17.1 Å². The van der Waals surface area contributed by atoms with E-state index in [2.05, 4.69) is 6.92 Å². The lowest BCUT2D eigenvalue weighted by molar-refractivity contribution is 0.103. The second kappa shape index (κ2) is 5.95. The summed E-state index contributed by atoms with van der Waals surface area (Å²) in [7, 11) is 0. The molecule has 2 rings (SSSR count). The molecule has 0 aliphatic heterocycles. The van der Waals surface area contributed by atoms with Crippen molar-refractivity contribution < 1.29 is 13.6 Å². The van der Waals surface area contributed by atoms with Crippen molar-refractivity contribution in [1.29, 1.82) is 0 Å². The first kappa shape index (κ1) is 14.4. The molecular weight excluding hydrogens is 258 g/mol. The highest BCUT2D eigenvalue weighted by Crippen LogP contribution is 2.20. The zero-order chi connectivity index (χ0) is 14.7. The van der Waals surface area contributed by atoms with E-state index < -0.39 is 23.0 Å². The van der Waals surface area contributed by atoms with Crippen molar-refractivity contribution in [3.8, 4) is 0 Å². The molecule has 1 nitrogen and oxygen atoms in total. The van der Waals surface area contributed by atoms with Crippen LogP contribution < -0.4 is 0 Å². The molecule has 0 heterocycles. The Morgan fingerprint density at radius 3 is 2.30 bits per heavy atom. The normalized spacial score (nSPS) is 10.6. The van der Waals surface area contributed by atoms with E-state index in [0.29, 0.717) is 5.56 Å². The molecular formula is C17H16F2O. The standard InChI is InChI=1S/C17H16F2O/c1-3-4-12-6-8-13(9-7-12)17(20)15-14(18)10-5-11(2)16(15)19/h5-10H,3-4H2,1-2H3. The maximum Gasteiger partial charge on any atom is 0.198 e. The van der Waals surface area contributed by atoms with Gasteiger partial charge in [0.05, 0.1) is 5.56 Å². The third kappa shape index (κ3) is 2.77. The molecule has 2 aromatic carbocycles. The van der Waals surface area contributed by atoms with E-state index in [1.807, 2.05) is 12.1 Å². The van der Waals surface area contributed by atoms with Crippen LogP contribution in [0.25, 0.3) is 0 Å². The minimum atomic E-state index is -0.823. The van der Waals surface area contributed by atoms with Gasteiger partial charge in [0.15, 0.2) is 5.78 Å². The SMILES string of the molecule is CCCc1ccc(C(=O)c2c(F)ccc(C)c2F)cc1. The minimum absolute atomic E-state index is 0.261. The average Bonchev–Trinajstić information content (AvgIpc) is 2.44. The largest absolute Gasteiger partial charge is 0.288 e. The molecule has 0 aliphatic carbocycles. The lowest BCUT2D eigenvalue weighted by Crippen LogP contribution is -2.09. The summed E-state index contributed by atoms with van der Waals surface area (Å²) in [5.41, 5.74) is 1.19. The maximum atomic E-state index is 13.9. The first-order valence-electron chi connectivity index (χ1n) is 6.62. The molecule has 2 aromatic rings. The van der Waals surface area contributed by atoms with Crippen molar-refractivity contribution in [2.24, 2.45) is 0 Å². The Morgan fingerprint density at radius 1 is 1.05 bits per heavy atom. The highest BCUT2D eigenvalue weighted by molar-refractivity contribution is 6.09. The smallest absolute Gasteiger partial charge is 0.198 e. The monoisotopic (exact) mass is 274 g/mol. The van der Waals surface area contributed by atoms with Crippen molar-refractivity contribution in [1.82, 2.24) is 0 Å². The molecule has 0 unspecified atom stereocenters. The molecule has 0 N–H and O–H groups in total. The third-order valence-electron chi connectivity index (χ3n) is 3.27. The van der Waals surface area contributed by atoms with E-state index in [4.69, 9.17) is 0 Å². The van der Waals surface area contributed by atoms with Crippen LogP contribution in [0.5, 0.6) is 0 Å². The summed E-state index contributed by atoms with van der Waals surface area (Å²) in [6.07, 6.45) is 1.93. The summed E-state index contributed by atoms with van der Waals surface area (Å²) in [4.78, 5) is 12.2. The number of rotatable bonds is 4. The number of halogens is 2. The molecule has 0 saturated carbocycles. The van der Waals surface area contributed by atoms with Gasteiger partial charge in [-0.1, -0.05) is 43.7 Å². The fraction of sp³-hybridized carbons (Fsp3) is 0.235. The van der Waals surface area contributed by atoms with Crippen LogP contribution in [0.4, 0.5) is 8.78 Å². The van der Waals surface area contributed by atoms with E-state index in [1.165, 1.54) is 13.0 Å². The van der Waals surface area contributed by atoms with Gasteiger partial charge in [-0.25, -0.2) is 8.78 Å². The summed E-state index contributed by atoms with van der Waals surface area (Å²) in [5, 5.41) is 0. The van der Waals surface area contributed by atoms with Gasteiger partial charge in [0.1, 0.15) is 11.6 Å². The van der Waals surface area contributed by atoms with Crippen LogP contribution >= 0.6 is 0 Å². The fourth-order valence-electron chi connectivity index (χ4n) is 2.12. The zero-order valence-electron chi connectivity index (χ0n) is 11.5. The molecule has 0 fully saturated rings. The van der Waals surface area contributed by atoms with E-state index >= 15 is 0 Å². The Bertz CT molecular complexity index is 630. The maximum absolute atomic E-state index is 13.9. The molecule has 0 spiro atoms. The zero-order valence-corrected chi connectivity index (χ0v) is 11.5. The number of ketones is 1. The Labute approximate surface area is 117 Å². The second-order valence-corrected chi connectivity index (χ2v) is 4.83. The number of hydrogen-bond acceptors (Lipinski definition) is 1. The van der Waals surface area contributed by atoms with Crippen LogP contribution in [0.15, 0.2) is 36.4 Å². The van der Waals surface area contributed by atoms with Crippen LogP contribution in [0.3, 0.4) is 0 Å². The van der Waals surface area contributed by atoms with Gasteiger partial charge < -0.3 is 0 Å². The first-order chi connectivity index (χ1) is 9.54. The number of carbonyl (C=O) groups excluding carboxylic acids is 1. The minimum Gasteiger partial charge on any atom is -0.288 e. The summed E-state index contributed by atoms with van der Waals surface area (Å²) in [5.74, 6) is -2.23. The van der Waals surface area contributed by atoms with E-state index in [9.17, 15) is 13.6 Å². The Morgan fingerprint density at radius 2 is 1.70 bits per heavy atom. The summed E-state index contributed by atoms with van der Waals surface area (Å²) < 4.78 is 27.6. The molecule has 0 atom stereocenters. The molecule has 0 aromatic heterocycles. The summed E-state index contributed by atoms with van der Waals surface area (Å²) in [6.45, 7) is 3.58. The lowest BCUT2D eigenvalue weighted by Gasteiger charge is -2.07. The second-order valence-electron chi connectivity index (χ2n) is 4.83. The van der Waals surface area contributed by atoms with E-state index in [-0.39, 0.29) is 5.56 Å². The molecule has 0 radical (unpaired) electrons. The van der Waals surface area contributed by atoms with Gasteiger partial charge in [-0.05, 0) is 30.5 Å². The average molecular weight is 274 g/mol.